The van der Waals surface area contributed by atoms with Crippen molar-refractivity contribution in [2.24, 2.45) is 5.73 Å². The van der Waals surface area contributed by atoms with E-state index < -0.39 is 26.5 Å². The van der Waals surface area contributed by atoms with Crippen LogP contribution >= 0.6 is 7.82 Å². The number of phosphoric ester groups is 1. The van der Waals surface area contributed by atoms with Gasteiger partial charge in [0.05, 0.1) is 13.2 Å². The van der Waals surface area contributed by atoms with Gasteiger partial charge in [0.1, 0.15) is 6.61 Å². The van der Waals surface area contributed by atoms with Gasteiger partial charge < -0.3 is 20.1 Å². The summed E-state index contributed by atoms with van der Waals surface area (Å²) in [5, 5.41) is 0. The maximum absolute atomic E-state index is 12.8. The molecule has 0 aliphatic carbocycles. The van der Waals surface area contributed by atoms with E-state index in [0.29, 0.717) is 6.42 Å². The third-order valence-corrected chi connectivity index (χ3v) is 15.7. The van der Waals surface area contributed by atoms with E-state index in [2.05, 4.69) is 160 Å². The molecule has 0 aromatic heterocycles. The average Bonchev–Trinajstić information content (AvgIpc) is 3.65. The first-order chi connectivity index (χ1) is 42.8. The van der Waals surface area contributed by atoms with E-state index in [9.17, 15) is 19.0 Å². The summed E-state index contributed by atoms with van der Waals surface area (Å²) in [4.78, 5) is 35.4. The van der Waals surface area contributed by atoms with Gasteiger partial charge in [0.25, 0.3) is 0 Å². The molecule has 0 bridgehead atoms. The van der Waals surface area contributed by atoms with Crippen molar-refractivity contribution in [2.75, 3.05) is 26.4 Å². The van der Waals surface area contributed by atoms with Crippen molar-refractivity contribution in [1.82, 2.24) is 0 Å². The van der Waals surface area contributed by atoms with E-state index >= 15 is 0 Å². The second-order valence-electron chi connectivity index (χ2n) is 23.0. The predicted molar refractivity (Wildman–Crippen MR) is 376 cm³/mol. The Morgan fingerprint density at radius 1 is 0.345 bits per heavy atom. The van der Waals surface area contributed by atoms with Crippen molar-refractivity contribution < 1.29 is 37.6 Å². The fourth-order valence-electron chi connectivity index (χ4n) is 9.59. The van der Waals surface area contributed by atoms with Gasteiger partial charge in [0.15, 0.2) is 6.10 Å². The SMILES string of the molecule is CC/C=C\C/C=C\C/C=C\C/C=C\C/C=C\C/C=C\CCCCCCCCCCCCCCCCCCCCC(=O)OC(COC(=O)CCCCCCCCCCCC/C=C\C/C=C\C/C=C\C/C=C\C/C=C\C/C=C\CC)COP(=O)(O)OCCN. The van der Waals surface area contributed by atoms with Gasteiger partial charge in [-0.05, 0) is 116 Å². The van der Waals surface area contributed by atoms with E-state index in [-0.39, 0.29) is 38.6 Å². The number of carbonyl (C=O) groups is 2. The Bertz CT molecular complexity index is 1940. The zero-order chi connectivity index (χ0) is 63.0. The Labute approximate surface area is 535 Å². The predicted octanol–water partition coefficient (Wildman–Crippen LogP) is 23.4. The Balaban J connectivity index is 3.90. The van der Waals surface area contributed by atoms with Crippen LogP contribution in [0.25, 0.3) is 0 Å². The molecule has 0 aliphatic heterocycles. The number of nitrogens with two attached hydrogens (primary N) is 1. The monoisotopic (exact) mass is 1230 g/mol. The number of esters is 2. The molecule has 2 unspecified atom stereocenters. The van der Waals surface area contributed by atoms with Gasteiger partial charge in [-0.15, -0.1) is 0 Å². The summed E-state index contributed by atoms with van der Waals surface area (Å²) in [6.07, 6.45) is 102. The van der Waals surface area contributed by atoms with Crippen molar-refractivity contribution in [1.29, 1.82) is 0 Å². The van der Waals surface area contributed by atoms with Crippen LogP contribution in [0, 0.1) is 0 Å². The van der Waals surface area contributed by atoms with Crippen LogP contribution in [0.4, 0.5) is 0 Å². The highest BCUT2D eigenvalue weighted by molar-refractivity contribution is 7.47. The van der Waals surface area contributed by atoms with E-state index in [1.54, 1.807) is 0 Å². The molecule has 0 spiro atoms. The summed E-state index contributed by atoms with van der Waals surface area (Å²) >= 11 is 0. The number of ether oxygens (including phenoxy) is 2. The number of allylic oxidation sites excluding steroid dienone is 24. The van der Waals surface area contributed by atoms with Gasteiger partial charge in [-0.3, -0.25) is 18.6 Å². The Kier molecular flexibility index (Phi) is 67.6. The average molecular weight is 1230 g/mol. The highest BCUT2D eigenvalue weighted by Crippen LogP contribution is 2.43. The molecule has 496 valence electrons. The Morgan fingerprint density at radius 3 is 0.885 bits per heavy atom. The van der Waals surface area contributed by atoms with Crippen molar-refractivity contribution >= 4 is 19.8 Å². The number of rotatable bonds is 65. The van der Waals surface area contributed by atoms with E-state index in [0.717, 1.165) is 128 Å². The molecular formula is C77H130NO8P. The van der Waals surface area contributed by atoms with Gasteiger partial charge in [-0.1, -0.05) is 314 Å². The van der Waals surface area contributed by atoms with Crippen molar-refractivity contribution in [3.63, 3.8) is 0 Å². The Hall–Kier alpha value is -4.11. The smallest absolute Gasteiger partial charge is 0.462 e. The molecule has 10 heteroatoms. The lowest BCUT2D eigenvalue weighted by Gasteiger charge is -2.19. The van der Waals surface area contributed by atoms with Crippen LogP contribution in [0.1, 0.15) is 296 Å². The summed E-state index contributed by atoms with van der Waals surface area (Å²) in [6, 6.07) is 0. The molecule has 9 nitrogen and oxygen atoms in total. The van der Waals surface area contributed by atoms with Crippen molar-refractivity contribution in [2.45, 2.75) is 302 Å². The van der Waals surface area contributed by atoms with E-state index in [1.807, 2.05) is 0 Å². The molecule has 0 radical (unpaired) electrons. The van der Waals surface area contributed by atoms with Gasteiger partial charge >= 0.3 is 19.8 Å². The van der Waals surface area contributed by atoms with Crippen LogP contribution in [0.5, 0.6) is 0 Å². The first-order valence-electron chi connectivity index (χ1n) is 35.3. The van der Waals surface area contributed by atoms with E-state index in [1.165, 1.54) is 135 Å². The zero-order valence-electron chi connectivity index (χ0n) is 55.7. The number of hydrogen-bond donors (Lipinski definition) is 2. The standard InChI is InChI=1S/C77H130NO8P/c1-3-5-7-9-11-13-15-17-19-21-23-25-27-29-31-33-34-35-36-37-38-39-40-42-44-46-48-50-52-54-56-58-60-62-64-66-68-70-77(80)86-75(74-85-87(81,82)84-72-71-78)73-83-76(79)69-67-65-63-61-59-57-55-53-51-49-47-45-43-41-32-30-28-26-24-22-20-18-16-14-12-10-8-6-4-2/h5-8,11-14,17-20,23-26,29-32,34-35,43,45,75H,3-4,9-10,15-16,21-22,27-28,33,36-42,44,46-74,78H2,1-2H3,(H,81,82)/b7-5-,8-6-,13-11-,14-12-,19-17-,20-18-,25-23-,26-24-,31-29-,32-30-,35-34-,45-43-. The Morgan fingerprint density at radius 2 is 0.598 bits per heavy atom. The first-order valence-corrected chi connectivity index (χ1v) is 36.8. The van der Waals surface area contributed by atoms with Gasteiger partial charge in [0.2, 0.25) is 0 Å². The van der Waals surface area contributed by atoms with Gasteiger partial charge in [-0.2, -0.15) is 0 Å². The summed E-state index contributed by atoms with van der Waals surface area (Å²) in [7, 11) is -4.40. The molecule has 87 heavy (non-hydrogen) atoms. The second-order valence-corrected chi connectivity index (χ2v) is 24.4. The number of carbonyl (C=O) groups excluding carboxylic acids is 2. The lowest BCUT2D eigenvalue weighted by Crippen LogP contribution is -2.29. The van der Waals surface area contributed by atoms with Gasteiger partial charge in [-0.25, -0.2) is 4.57 Å². The largest absolute Gasteiger partial charge is 0.472 e. The summed E-state index contributed by atoms with van der Waals surface area (Å²) < 4.78 is 33.2. The minimum atomic E-state index is -4.40. The molecule has 3 N–H and O–H groups in total. The molecule has 2 atom stereocenters. The molecule has 0 heterocycles. The summed E-state index contributed by atoms with van der Waals surface area (Å²) in [5.74, 6) is -0.831. The summed E-state index contributed by atoms with van der Waals surface area (Å²) in [6.45, 7) is 3.53. The van der Waals surface area contributed by atoms with Crippen LogP contribution in [0.2, 0.25) is 0 Å². The molecule has 0 aliphatic rings. The molecule has 0 amide bonds. The first kappa shape index (κ1) is 82.9. The third kappa shape index (κ3) is 70.8. The fourth-order valence-corrected chi connectivity index (χ4v) is 10.4. The van der Waals surface area contributed by atoms with Gasteiger partial charge in [0, 0.05) is 19.4 Å². The number of hydrogen-bond acceptors (Lipinski definition) is 8. The fraction of sp³-hybridized carbons (Fsp3) is 0.662. The van der Waals surface area contributed by atoms with Crippen molar-refractivity contribution in [3.8, 4) is 0 Å². The molecular weight excluding hydrogens is 1100 g/mol. The highest BCUT2D eigenvalue weighted by atomic mass is 31.2. The quantitative estimate of drug-likeness (QED) is 0.0264. The molecule has 0 fully saturated rings. The third-order valence-electron chi connectivity index (χ3n) is 14.7. The molecule has 0 saturated carbocycles. The molecule has 0 rings (SSSR count). The number of phosphoric acid groups is 1. The van der Waals surface area contributed by atoms with Crippen LogP contribution in [-0.4, -0.2) is 49.3 Å². The van der Waals surface area contributed by atoms with Crippen LogP contribution in [0.15, 0.2) is 146 Å². The van der Waals surface area contributed by atoms with Crippen LogP contribution in [-0.2, 0) is 32.7 Å². The minimum absolute atomic E-state index is 0.0477. The lowest BCUT2D eigenvalue weighted by atomic mass is 10.0. The second kappa shape index (κ2) is 71.0. The molecule has 0 aromatic rings. The maximum atomic E-state index is 12.8. The lowest BCUT2D eigenvalue weighted by molar-refractivity contribution is -0.161. The number of unbranched alkanes of at least 4 members (excludes halogenated alkanes) is 28. The highest BCUT2D eigenvalue weighted by Gasteiger charge is 2.26. The normalized spacial score (nSPS) is 13.8. The summed E-state index contributed by atoms with van der Waals surface area (Å²) in [5.41, 5.74) is 5.40. The topological polar surface area (TPSA) is 134 Å². The van der Waals surface area contributed by atoms with Crippen LogP contribution in [0.3, 0.4) is 0 Å². The van der Waals surface area contributed by atoms with Crippen molar-refractivity contribution in [3.05, 3.63) is 146 Å². The van der Waals surface area contributed by atoms with E-state index in [4.69, 9.17) is 24.3 Å². The zero-order valence-corrected chi connectivity index (χ0v) is 56.6. The minimum Gasteiger partial charge on any atom is -0.462 e. The molecule has 0 saturated heterocycles. The molecule has 0 aromatic carbocycles. The van der Waals surface area contributed by atoms with Crippen LogP contribution < -0.4 is 5.73 Å². The maximum Gasteiger partial charge on any atom is 0.472 e.